The summed E-state index contributed by atoms with van der Waals surface area (Å²) in [5.74, 6) is -4.76. The van der Waals surface area contributed by atoms with Crippen molar-refractivity contribution in [1.29, 1.82) is 0 Å². The van der Waals surface area contributed by atoms with Gasteiger partial charge in [-0.05, 0) is 31.5 Å². The first-order valence-electron chi connectivity index (χ1n) is 11.5. The minimum absolute atomic E-state index is 0.287. The number of aliphatic hydroxyl groups excluding tert-OH is 1. The van der Waals surface area contributed by atoms with Gasteiger partial charge in [-0.15, -0.1) is 0 Å². The Morgan fingerprint density at radius 1 is 1.22 bits per heavy atom. The first-order chi connectivity index (χ1) is 17.0. The molecule has 2 aromatic carbocycles. The molecule has 1 atom stereocenters. The second-order valence-corrected chi connectivity index (χ2v) is 9.28. The molecular formula is C25H25F4N5O2. The normalized spacial score (nSPS) is 16.8. The highest BCUT2D eigenvalue weighted by Gasteiger charge is 2.47. The van der Waals surface area contributed by atoms with E-state index >= 15 is 0 Å². The highest BCUT2D eigenvalue weighted by Crippen LogP contribution is 2.43. The van der Waals surface area contributed by atoms with Crippen LogP contribution >= 0.6 is 0 Å². The fraction of sp³-hybridized carbons (Fsp3) is 0.400. The number of alkyl halides is 4. The van der Waals surface area contributed by atoms with Gasteiger partial charge in [0.1, 0.15) is 35.6 Å². The van der Waals surface area contributed by atoms with Gasteiger partial charge in [-0.25, -0.2) is 18.7 Å². The lowest BCUT2D eigenvalue weighted by Gasteiger charge is -2.35. The summed E-state index contributed by atoms with van der Waals surface area (Å²) in [6, 6.07) is 7.10. The molecular weight excluding hydrogens is 478 g/mol. The van der Waals surface area contributed by atoms with Crippen molar-refractivity contribution in [2.75, 3.05) is 11.9 Å². The summed E-state index contributed by atoms with van der Waals surface area (Å²) >= 11 is 0. The van der Waals surface area contributed by atoms with Gasteiger partial charge in [0.15, 0.2) is 0 Å². The Balaban J connectivity index is 1.56. The summed E-state index contributed by atoms with van der Waals surface area (Å²) in [5.41, 5.74) is 1.52. The molecule has 5 rings (SSSR count). The number of aliphatic hydroxyl groups is 1. The van der Waals surface area contributed by atoms with E-state index in [0.29, 0.717) is 44.8 Å². The average Bonchev–Trinajstić information content (AvgIpc) is 3.20. The third kappa shape index (κ3) is 4.32. The second kappa shape index (κ2) is 8.58. The van der Waals surface area contributed by atoms with Crippen LogP contribution in [0.25, 0.3) is 21.8 Å². The zero-order valence-electron chi connectivity index (χ0n) is 19.9. The Morgan fingerprint density at radius 2 is 1.97 bits per heavy atom. The number of aromatic nitrogens is 4. The van der Waals surface area contributed by atoms with E-state index < -0.39 is 30.6 Å². The van der Waals surface area contributed by atoms with Crippen LogP contribution in [-0.2, 0) is 13.0 Å². The van der Waals surface area contributed by atoms with Crippen molar-refractivity contribution in [2.24, 2.45) is 7.05 Å². The molecule has 0 amide bonds. The Hall–Kier alpha value is -3.47. The van der Waals surface area contributed by atoms with Crippen molar-refractivity contribution >= 4 is 27.6 Å². The highest BCUT2D eigenvalue weighted by molar-refractivity contribution is 6.10. The van der Waals surface area contributed by atoms with E-state index in [-0.39, 0.29) is 18.4 Å². The zero-order chi connectivity index (χ0) is 25.8. The summed E-state index contributed by atoms with van der Waals surface area (Å²) < 4.78 is 62.5. The second-order valence-electron chi connectivity index (χ2n) is 9.28. The van der Waals surface area contributed by atoms with Gasteiger partial charge in [0.2, 0.25) is 0 Å². The summed E-state index contributed by atoms with van der Waals surface area (Å²) in [7, 11) is 1.74. The third-order valence-corrected chi connectivity index (χ3v) is 6.47. The number of nitrogens with one attached hydrogen (secondary N) is 1. The van der Waals surface area contributed by atoms with Crippen molar-refractivity contribution in [3.63, 3.8) is 0 Å². The van der Waals surface area contributed by atoms with Crippen LogP contribution in [0.1, 0.15) is 42.8 Å². The number of ether oxygens (including phenoxy) is 1. The summed E-state index contributed by atoms with van der Waals surface area (Å²) in [6.07, 6.45) is 0.311. The van der Waals surface area contributed by atoms with Crippen molar-refractivity contribution in [1.82, 2.24) is 19.7 Å². The number of nitrogens with zero attached hydrogens (tertiary/aromatic N) is 4. The smallest absolute Gasteiger partial charge is 0.295 e. The number of halogens is 4. The molecule has 0 unspecified atom stereocenters. The number of benzene rings is 2. The van der Waals surface area contributed by atoms with Gasteiger partial charge in [-0.1, -0.05) is 18.2 Å². The monoisotopic (exact) mass is 503 g/mol. The van der Waals surface area contributed by atoms with Gasteiger partial charge in [-0.2, -0.15) is 13.9 Å². The standard InChI is InChI=1S/C25H25F4N5O2/c1-13(15-5-4-6-16(7-15)25(28,29)12-35)31-23-18-8-20(36-17-9-24(26,27)10-17)22-19(11-30-34(22)3)21(18)32-14(2)33-23/h4-8,11,13,17,35H,9-10,12H2,1-3H3,(H,31,32,33)/t13-/m1/s1. The van der Waals surface area contributed by atoms with Crippen LogP contribution < -0.4 is 10.1 Å². The van der Waals surface area contributed by atoms with E-state index in [4.69, 9.17) is 9.84 Å². The van der Waals surface area contributed by atoms with Crippen molar-refractivity contribution < 1.29 is 27.4 Å². The van der Waals surface area contributed by atoms with E-state index in [1.54, 1.807) is 43.9 Å². The minimum atomic E-state index is -3.36. The van der Waals surface area contributed by atoms with E-state index in [1.165, 1.54) is 18.2 Å². The van der Waals surface area contributed by atoms with Gasteiger partial charge >= 0.3 is 0 Å². The molecule has 0 bridgehead atoms. The Morgan fingerprint density at radius 3 is 2.67 bits per heavy atom. The predicted molar refractivity (Wildman–Crippen MR) is 127 cm³/mol. The molecule has 2 N–H and O–H groups in total. The number of rotatable bonds is 7. The molecule has 0 spiro atoms. The van der Waals surface area contributed by atoms with E-state index in [1.807, 2.05) is 0 Å². The molecule has 190 valence electrons. The Labute approximate surface area is 204 Å². The molecule has 1 aliphatic rings. The van der Waals surface area contributed by atoms with Gasteiger partial charge in [0.05, 0.1) is 17.1 Å². The molecule has 0 radical (unpaired) electrons. The fourth-order valence-electron chi connectivity index (χ4n) is 4.51. The topological polar surface area (TPSA) is 85.1 Å². The number of aryl methyl sites for hydroxylation is 2. The van der Waals surface area contributed by atoms with Crippen LogP contribution in [0.3, 0.4) is 0 Å². The lowest BCUT2D eigenvalue weighted by Crippen LogP contribution is -2.43. The Kier molecular flexibility index (Phi) is 5.77. The first-order valence-corrected chi connectivity index (χ1v) is 11.5. The van der Waals surface area contributed by atoms with Crippen LogP contribution in [0.5, 0.6) is 5.75 Å². The lowest BCUT2D eigenvalue weighted by atomic mass is 9.91. The quantitative estimate of drug-likeness (QED) is 0.335. The number of anilines is 1. The van der Waals surface area contributed by atoms with Gasteiger partial charge in [0, 0.05) is 36.9 Å². The number of hydrogen-bond acceptors (Lipinski definition) is 6. The van der Waals surface area contributed by atoms with Crippen LogP contribution in [-0.4, -0.2) is 43.5 Å². The SMILES string of the molecule is Cc1nc(N[C@H](C)c2cccc(C(F)(F)CO)c2)c2cc(OC3CC(F)(F)C3)c3c(cnn3C)c2n1. The van der Waals surface area contributed by atoms with E-state index in [2.05, 4.69) is 20.4 Å². The number of fused-ring (bicyclic) bond motifs is 3. The number of hydrogen-bond donors (Lipinski definition) is 2. The molecule has 1 aliphatic carbocycles. The highest BCUT2D eigenvalue weighted by atomic mass is 19.3. The zero-order valence-corrected chi connectivity index (χ0v) is 19.9. The molecule has 0 aliphatic heterocycles. The summed E-state index contributed by atoms with van der Waals surface area (Å²) in [6.45, 7) is 2.25. The Bertz CT molecular complexity index is 1450. The fourth-order valence-corrected chi connectivity index (χ4v) is 4.51. The van der Waals surface area contributed by atoms with Crippen molar-refractivity contribution in [2.45, 2.75) is 50.7 Å². The molecule has 4 aromatic rings. The van der Waals surface area contributed by atoms with Crippen LogP contribution in [0.4, 0.5) is 23.4 Å². The molecule has 7 nitrogen and oxygen atoms in total. The maximum absolute atomic E-state index is 14.0. The maximum atomic E-state index is 14.0. The van der Waals surface area contributed by atoms with E-state index in [0.717, 1.165) is 0 Å². The molecule has 2 heterocycles. The van der Waals surface area contributed by atoms with Gasteiger partial charge in [-0.3, -0.25) is 4.68 Å². The molecule has 1 fully saturated rings. The predicted octanol–water partition coefficient (Wildman–Crippen LogP) is 5.26. The molecule has 11 heteroatoms. The summed E-state index contributed by atoms with van der Waals surface area (Å²) in [4.78, 5) is 9.12. The average molecular weight is 504 g/mol. The largest absolute Gasteiger partial charge is 0.488 e. The van der Waals surface area contributed by atoms with Gasteiger partial charge < -0.3 is 15.2 Å². The van der Waals surface area contributed by atoms with E-state index in [9.17, 15) is 17.6 Å². The molecule has 36 heavy (non-hydrogen) atoms. The first kappa shape index (κ1) is 24.2. The molecule has 0 saturated heterocycles. The van der Waals surface area contributed by atoms with Crippen LogP contribution in [0.15, 0.2) is 36.5 Å². The third-order valence-electron chi connectivity index (χ3n) is 6.47. The maximum Gasteiger partial charge on any atom is 0.295 e. The van der Waals surface area contributed by atoms with Crippen LogP contribution in [0, 0.1) is 6.92 Å². The van der Waals surface area contributed by atoms with Gasteiger partial charge in [0.25, 0.3) is 11.8 Å². The molecule has 1 saturated carbocycles. The minimum Gasteiger partial charge on any atom is -0.488 e. The lowest BCUT2D eigenvalue weighted by molar-refractivity contribution is -0.134. The van der Waals surface area contributed by atoms with Crippen molar-refractivity contribution in [3.05, 3.63) is 53.5 Å². The summed E-state index contributed by atoms with van der Waals surface area (Å²) in [5, 5.41) is 17.9. The molecule has 2 aromatic heterocycles. The van der Waals surface area contributed by atoms with Crippen molar-refractivity contribution in [3.8, 4) is 5.75 Å². The van der Waals surface area contributed by atoms with Crippen LogP contribution in [0.2, 0.25) is 0 Å².